The van der Waals surface area contributed by atoms with Gasteiger partial charge in [0.25, 0.3) is 0 Å². The van der Waals surface area contributed by atoms with Gasteiger partial charge in [0.2, 0.25) is 0 Å². The van der Waals surface area contributed by atoms with E-state index < -0.39 is 0 Å². The second-order valence-electron chi connectivity index (χ2n) is 3.87. The Hall–Kier alpha value is -2.15. The van der Waals surface area contributed by atoms with Crippen LogP contribution >= 0.6 is 0 Å². The molecular formula is C15H11N. The summed E-state index contributed by atoms with van der Waals surface area (Å²) in [5.74, 6) is 0. The van der Waals surface area contributed by atoms with Gasteiger partial charge in [-0.05, 0) is 27.1 Å². The van der Waals surface area contributed by atoms with E-state index in [4.69, 9.17) is 5.41 Å². The quantitative estimate of drug-likeness (QED) is 0.459. The van der Waals surface area contributed by atoms with Crippen molar-refractivity contribution in [3.05, 3.63) is 60.2 Å². The number of benzene rings is 3. The van der Waals surface area contributed by atoms with Gasteiger partial charge in [-0.1, -0.05) is 54.6 Å². The van der Waals surface area contributed by atoms with Crippen LogP contribution in [0, 0.1) is 5.41 Å². The van der Waals surface area contributed by atoms with Crippen LogP contribution in [0.4, 0.5) is 0 Å². The van der Waals surface area contributed by atoms with Crippen molar-refractivity contribution in [2.75, 3.05) is 0 Å². The van der Waals surface area contributed by atoms with E-state index in [2.05, 4.69) is 42.5 Å². The highest BCUT2D eigenvalue weighted by molar-refractivity contribution is 6.12. The van der Waals surface area contributed by atoms with Crippen molar-refractivity contribution in [3.8, 4) is 0 Å². The van der Waals surface area contributed by atoms with E-state index in [9.17, 15) is 0 Å². The number of nitrogens with one attached hydrogen (secondary N) is 1. The summed E-state index contributed by atoms with van der Waals surface area (Å²) in [4.78, 5) is 0. The molecule has 3 aromatic carbocycles. The molecule has 0 heterocycles. The van der Waals surface area contributed by atoms with Crippen molar-refractivity contribution in [2.45, 2.75) is 0 Å². The SMILES string of the molecule is N=Cc1cccc2c1ccc1ccccc12. The van der Waals surface area contributed by atoms with Gasteiger partial charge in [-0.25, -0.2) is 0 Å². The number of hydrogen-bond donors (Lipinski definition) is 1. The fraction of sp³-hybridized carbons (Fsp3) is 0. The molecule has 76 valence electrons. The van der Waals surface area contributed by atoms with Crippen molar-refractivity contribution < 1.29 is 0 Å². The summed E-state index contributed by atoms with van der Waals surface area (Å²) in [6.45, 7) is 0. The molecule has 0 bridgehead atoms. The van der Waals surface area contributed by atoms with Crippen molar-refractivity contribution >= 4 is 27.8 Å². The number of hydrogen-bond acceptors (Lipinski definition) is 1. The van der Waals surface area contributed by atoms with E-state index in [0.29, 0.717) is 0 Å². The average molecular weight is 205 g/mol. The van der Waals surface area contributed by atoms with Gasteiger partial charge in [0.1, 0.15) is 0 Å². The Labute approximate surface area is 93.8 Å². The fourth-order valence-corrected chi connectivity index (χ4v) is 2.19. The first kappa shape index (κ1) is 9.10. The first-order valence-electron chi connectivity index (χ1n) is 5.31. The summed E-state index contributed by atoms with van der Waals surface area (Å²) < 4.78 is 0. The van der Waals surface area contributed by atoms with Crippen molar-refractivity contribution in [1.82, 2.24) is 0 Å². The minimum Gasteiger partial charge on any atom is -0.308 e. The van der Waals surface area contributed by atoms with Crippen LogP contribution in [0.25, 0.3) is 21.5 Å². The Balaban J connectivity index is 2.57. The Morgan fingerprint density at radius 1 is 0.688 bits per heavy atom. The molecule has 0 saturated heterocycles. The van der Waals surface area contributed by atoms with Gasteiger partial charge in [-0.3, -0.25) is 0 Å². The average Bonchev–Trinajstić information content (AvgIpc) is 2.37. The van der Waals surface area contributed by atoms with E-state index in [1.807, 2.05) is 12.1 Å². The van der Waals surface area contributed by atoms with Crippen LogP contribution in [-0.4, -0.2) is 6.21 Å². The predicted octanol–water partition coefficient (Wildman–Crippen LogP) is 3.99. The lowest BCUT2D eigenvalue weighted by molar-refractivity contribution is 1.56. The second kappa shape index (κ2) is 3.46. The van der Waals surface area contributed by atoms with Crippen LogP contribution in [0.5, 0.6) is 0 Å². The molecule has 0 aromatic heterocycles. The van der Waals surface area contributed by atoms with Crippen LogP contribution in [-0.2, 0) is 0 Å². The lowest BCUT2D eigenvalue weighted by Crippen LogP contribution is -1.84. The predicted molar refractivity (Wildman–Crippen MR) is 69.3 cm³/mol. The highest BCUT2D eigenvalue weighted by Gasteiger charge is 2.01. The third kappa shape index (κ3) is 1.22. The molecule has 0 aliphatic carbocycles. The minimum absolute atomic E-state index is 0.975. The van der Waals surface area contributed by atoms with Gasteiger partial charge in [0.05, 0.1) is 0 Å². The Kier molecular flexibility index (Phi) is 1.97. The lowest BCUT2D eigenvalue weighted by atomic mass is 9.99. The van der Waals surface area contributed by atoms with Gasteiger partial charge in [-0.2, -0.15) is 0 Å². The fourth-order valence-electron chi connectivity index (χ4n) is 2.19. The van der Waals surface area contributed by atoms with E-state index in [1.54, 1.807) is 0 Å². The molecule has 1 heteroatoms. The Morgan fingerprint density at radius 3 is 2.38 bits per heavy atom. The van der Waals surface area contributed by atoms with E-state index in [0.717, 1.165) is 10.9 Å². The molecule has 0 saturated carbocycles. The standard InChI is InChI=1S/C15H11N/c16-10-12-5-3-7-15-13-6-2-1-4-11(13)8-9-14(12)15/h1-10,16H. The minimum atomic E-state index is 0.975. The molecule has 0 unspecified atom stereocenters. The molecule has 0 aliphatic heterocycles. The van der Waals surface area contributed by atoms with Crippen molar-refractivity contribution in [1.29, 1.82) is 5.41 Å². The van der Waals surface area contributed by atoms with Crippen LogP contribution < -0.4 is 0 Å². The summed E-state index contributed by atoms with van der Waals surface area (Å²) in [6, 6.07) is 18.7. The van der Waals surface area contributed by atoms with Gasteiger partial charge in [-0.15, -0.1) is 0 Å². The maximum atomic E-state index is 7.41. The van der Waals surface area contributed by atoms with Crippen molar-refractivity contribution in [3.63, 3.8) is 0 Å². The zero-order valence-electron chi connectivity index (χ0n) is 8.77. The Bertz CT molecular complexity index is 683. The molecule has 16 heavy (non-hydrogen) atoms. The van der Waals surface area contributed by atoms with Gasteiger partial charge in [0.15, 0.2) is 0 Å². The number of rotatable bonds is 1. The summed E-state index contributed by atoms with van der Waals surface area (Å²) >= 11 is 0. The third-order valence-electron chi connectivity index (χ3n) is 2.98. The largest absolute Gasteiger partial charge is 0.308 e. The zero-order chi connectivity index (χ0) is 11.0. The Morgan fingerprint density at radius 2 is 1.50 bits per heavy atom. The van der Waals surface area contributed by atoms with Crippen LogP contribution in [0.3, 0.4) is 0 Å². The molecule has 0 fully saturated rings. The summed E-state index contributed by atoms with van der Waals surface area (Å²) in [6.07, 6.45) is 1.41. The molecular weight excluding hydrogens is 194 g/mol. The number of fused-ring (bicyclic) bond motifs is 3. The lowest BCUT2D eigenvalue weighted by Gasteiger charge is -2.05. The highest BCUT2D eigenvalue weighted by atomic mass is 14.3. The van der Waals surface area contributed by atoms with Crippen LogP contribution in [0.2, 0.25) is 0 Å². The van der Waals surface area contributed by atoms with Gasteiger partial charge < -0.3 is 5.41 Å². The van der Waals surface area contributed by atoms with E-state index in [-0.39, 0.29) is 0 Å². The first-order valence-corrected chi connectivity index (χ1v) is 5.31. The van der Waals surface area contributed by atoms with E-state index in [1.165, 1.54) is 22.4 Å². The molecule has 0 radical (unpaired) electrons. The summed E-state index contributed by atoms with van der Waals surface area (Å²) in [5.41, 5.74) is 0.975. The molecule has 0 amide bonds. The molecule has 0 atom stereocenters. The summed E-state index contributed by atoms with van der Waals surface area (Å²) in [5, 5.41) is 12.3. The van der Waals surface area contributed by atoms with Crippen molar-refractivity contribution in [2.24, 2.45) is 0 Å². The normalized spacial score (nSPS) is 10.8. The topological polar surface area (TPSA) is 23.9 Å². The molecule has 1 N–H and O–H groups in total. The second-order valence-corrected chi connectivity index (χ2v) is 3.87. The molecule has 0 spiro atoms. The van der Waals surface area contributed by atoms with Crippen LogP contribution in [0.1, 0.15) is 5.56 Å². The molecule has 0 aliphatic rings. The zero-order valence-corrected chi connectivity index (χ0v) is 8.77. The third-order valence-corrected chi connectivity index (χ3v) is 2.98. The first-order chi connectivity index (χ1) is 7.90. The van der Waals surface area contributed by atoms with E-state index >= 15 is 0 Å². The molecule has 1 nitrogen and oxygen atoms in total. The molecule has 3 rings (SSSR count). The van der Waals surface area contributed by atoms with Gasteiger partial charge >= 0.3 is 0 Å². The van der Waals surface area contributed by atoms with Gasteiger partial charge in [0, 0.05) is 6.21 Å². The monoisotopic (exact) mass is 205 g/mol. The highest BCUT2D eigenvalue weighted by Crippen LogP contribution is 2.26. The maximum absolute atomic E-state index is 7.41. The maximum Gasteiger partial charge on any atom is 0.0256 e. The molecule has 3 aromatic rings. The smallest absolute Gasteiger partial charge is 0.0256 e. The summed E-state index contributed by atoms with van der Waals surface area (Å²) in [7, 11) is 0. The van der Waals surface area contributed by atoms with Crippen LogP contribution in [0.15, 0.2) is 54.6 Å².